The first-order valence-electron chi connectivity index (χ1n) is 8.11. The van der Waals surface area contributed by atoms with Crippen LogP contribution in [-0.4, -0.2) is 73.0 Å². The molecule has 0 aliphatic carbocycles. The van der Waals surface area contributed by atoms with Gasteiger partial charge in [0.1, 0.15) is 19.3 Å². The average molecular weight is 425 g/mol. The molecule has 5 atom stereocenters. The van der Waals surface area contributed by atoms with Crippen LogP contribution in [0.1, 0.15) is 27.7 Å². The Hall–Kier alpha value is -2.24. The van der Waals surface area contributed by atoms with Crippen molar-refractivity contribution in [3.05, 3.63) is 0 Å². The van der Waals surface area contributed by atoms with Crippen LogP contribution in [0.25, 0.3) is 0 Å². The number of carbonyl (C=O) groups excluding carboxylic acids is 5. The molecule has 0 radical (unpaired) electrons. The van der Waals surface area contributed by atoms with Crippen LogP contribution in [-0.2, 0) is 52.4 Å². The molecule has 0 unspecified atom stereocenters. The predicted molar refractivity (Wildman–Crippen MR) is 88.8 cm³/mol. The number of carbonyl (C=O) groups is 5. The van der Waals surface area contributed by atoms with Gasteiger partial charge in [-0.05, 0) is 11.6 Å². The van der Waals surface area contributed by atoms with E-state index in [-0.39, 0.29) is 0 Å². The summed E-state index contributed by atoms with van der Waals surface area (Å²) in [5, 5.41) is -0.868. The fraction of sp³-hybridized carbons (Fsp3) is 0.688. The largest absolute Gasteiger partial charge is 0.463 e. The lowest BCUT2D eigenvalue weighted by Gasteiger charge is -2.43. The van der Waals surface area contributed by atoms with Crippen LogP contribution in [0.3, 0.4) is 0 Å². The molecular weight excluding hydrogens is 404 g/mol. The average Bonchev–Trinajstić information content (AvgIpc) is 2.54. The second-order valence-electron chi connectivity index (χ2n) is 5.73. The molecule has 0 aromatic carbocycles. The smallest absolute Gasteiger partial charge is 0.303 e. The van der Waals surface area contributed by atoms with Gasteiger partial charge in [-0.3, -0.25) is 24.0 Å². The molecule has 1 aliphatic rings. The summed E-state index contributed by atoms with van der Waals surface area (Å²) >= 11 is 5.26. The van der Waals surface area contributed by atoms with Gasteiger partial charge >= 0.3 is 23.9 Å². The van der Waals surface area contributed by atoms with E-state index in [0.717, 1.165) is 27.7 Å². The van der Waals surface area contributed by atoms with E-state index < -0.39 is 73.0 Å². The highest BCUT2D eigenvalue weighted by atomic mass is 35.5. The molecule has 0 amide bonds. The Morgan fingerprint density at radius 3 is 1.75 bits per heavy atom. The Labute approximate surface area is 165 Å². The molecule has 0 N–H and O–H groups in total. The first kappa shape index (κ1) is 23.8. The van der Waals surface area contributed by atoms with Crippen molar-refractivity contribution in [1.82, 2.24) is 0 Å². The number of hydrogen-bond donors (Lipinski definition) is 0. The van der Waals surface area contributed by atoms with Crippen molar-refractivity contribution >= 4 is 40.7 Å². The third-order valence-electron chi connectivity index (χ3n) is 3.31. The first-order valence-corrected chi connectivity index (χ1v) is 8.49. The molecule has 0 saturated carbocycles. The Morgan fingerprint density at radius 1 is 0.786 bits per heavy atom. The van der Waals surface area contributed by atoms with Crippen LogP contribution in [0, 0.1) is 0 Å². The van der Waals surface area contributed by atoms with E-state index in [2.05, 4.69) is 0 Å². The topological polar surface area (TPSA) is 141 Å². The van der Waals surface area contributed by atoms with Gasteiger partial charge in [-0.1, -0.05) is 0 Å². The molecule has 1 saturated heterocycles. The van der Waals surface area contributed by atoms with Crippen molar-refractivity contribution in [2.45, 2.75) is 58.4 Å². The molecule has 1 fully saturated rings. The zero-order valence-electron chi connectivity index (χ0n) is 15.7. The minimum atomic E-state index is -1.43. The Bertz CT molecular complexity index is 576. The summed E-state index contributed by atoms with van der Waals surface area (Å²) in [4.78, 5) is 56.8. The Kier molecular flexibility index (Phi) is 9.29. The quantitative estimate of drug-likeness (QED) is 0.291. The molecule has 0 bridgehead atoms. The molecule has 12 heteroatoms. The van der Waals surface area contributed by atoms with E-state index in [1.165, 1.54) is 0 Å². The van der Waals surface area contributed by atoms with Crippen molar-refractivity contribution in [2.75, 3.05) is 13.2 Å². The highest BCUT2D eigenvalue weighted by Crippen LogP contribution is 2.30. The van der Waals surface area contributed by atoms with E-state index in [4.69, 9.17) is 40.0 Å². The summed E-state index contributed by atoms with van der Waals surface area (Å²) in [6.07, 6.45) is -6.63. The van der Waals surface area contributed by atoms with Crippen molar-refractivity contribution in [2.24, 2.45) is 0 Å². The third-order valence-corrected chi connectivity index (χ3v) is 3.42. The molecule has 28 heavy (non-hydrogen) atoms. The van der Waals surface area contributed by atoms with E-state index in [1.54, 1.807) is 0 Å². The van der Waals surface area contributed by atoms with Gasteiger partial charge in [0.15, 0.2) is 24.6 Å². The van der Waals surface area contributed by atoms with Crippen molar-refractivity contribution < 1.29 is 52.4 Å². The molecule has 0 aromatic heterocycles. The SMILES string of the molecule is CC(=O)OC[C@H]1O[C@@H](OCC(=O)Cl)[C@H](OC(C)=O)[C@@H](OC(C)=O)[C@@H]1OC(C)=O. The minimum Gasteiger partial charge on any atom is -0.463 e. The van der Waals surface area contributed by atoms with Gasteiger partial charge in [-0.15, -0.1) is 0 Å². The van der Waals surface area contributed by atoms with E-state index in [1.807, 2.05) is 0 Å². The van der Waals surface area contributed by atoms with Gasteiger partial charge in [0.05, 0.1) is 0 Å². The molecule has 0 spiro atoms. The van der Waals surface area contributed by atoms with Gasteiger partial charge in [0.2, 0.25) is 5.24 Å². The molecular formula is C16H21ClO11. The van der Waals surface area contributed by atoms with E-state index in [9.17, 15) is 24.0 Å². The summed E-state index contributed by atoms with van der Waals surface area (Å²) in [5.74, 6) is -2.96. The lowest BCUT2D eigenvalue weighted by atomic mass is 9.98. The maximum absolute atomic E-state index is 11.6. The zero-order chi connectivity index (χ0) is 21.4. The van der Waals surface area contributed by atoms with Crippen LogP contribution in [0.15, 0.2) is 0 Å². The van der Waals surface area contributed by atoms with E-state index >= 15 is 0 Å². The van der Waals surface area contributed by atoms with Gasteiger partial charge in [-0.25, -0.2) is 0 Å². The van der Waals surface area contributed by atoms with Crippen molar-refractivity contribution in [3.63, 3.8) is 0 Å². The second kappa shape index (κ2) is 10.9. The van der Waals surface area contributed by atoms with Gasteiger partial charge < -0.3 is 28.4 Å². The summed E-state index contributed by atoms with van der Waals surface area (Å²) in [7, 11) is 0. The number of ether oxygens (including phenoxy) is 6. The van der Waals surface area contributed by atoms with Crippen molar-refractivity contribution in [1.29, 1.82) is 0 Å². The number of hydrogen-bond acceptors (Lipinski definition) is 11. The Balaban J connectivity index is 3.26. The fourth-order valence-electron chi connectivity index (χ4n) is 2.47. The molecule has 158 valence electrons. The molecule has 1 aliphatic heterocycles. The number of halogens is 1. The summed E-state index contributed by atoms with van der Waals surface area (Å²) in [6, 6.07) is 0. The highest BCUT2D eigenvalue weighted by molar-refractivity contribution is 6.63. The van der Waals surface area contributed by atoms with Crippen LogP contribution in [0.4, 0.5) is 0 Å². The molecule has 11 nitrogen and oxygen atoms in total. The number of esters is 4. The summed E-state index contributed by atoms with van der Waals surface area (Å²) in [6.45, 7) is 3.41. The predicted octanol–water partition coefficient (Wildman–Crippen LogP) is -0.149. The minimum absolute atomic E-state index is 0.396. The molecule has 1 rings (SSSR count). The second-order valence-corrected chi connectivity index (χ2v) is 6.16. The van der Waals surface area contributed by atoms with Crippen LogP contribution in [0.2, 0.25) is 0 Å². The normalized spacial score (nSPS) is 26.7. The molecule has 0 aromatic rings. The standard InChI is InChI=1S/C16H21ClO11/c1-7(18)23-5-11-13(25-8(2)19)14(26-9(3)20)15(27-10(4)21)16(28-11)24-6-12(17)22/h11,13-16H,5-6H2,1-4H3/t11-,13-,14+,15-,16-/m1/s1. The van der Waals surface area contributed by atoms with Crippen LogP contribution < -0.4 is 0 Å². The van der Waals surface area contributed by atoms with Gasteiger partial charge in [0, 0.05) is 27.7 Å². The van der Waals surface area contributed by atoms with Gasteiger partial charge in [0.25, 0.3) is 0 Å². The monoisotopic (exact) mass is 424 g/mol. The highest BCUT2D eigenvalue weighted by Gasteiger charge is 2.52. The first-order chi connectivity index (χ1) is 13.0. The van der Waals surface area contributed by atoms with Crippen LogP contribution >= 0.6 is 11.6 Å². The molecule has 1 heterocycles. The van der Waals surface area contributed by atoms with Crippen LogP contribution in [0.5, 0.6) is 0 Å². The van der Waals surface area contributed by atoms with Gasteiger partial charge in [-0.2, -0.15) is 0 Å². The third kappa shape index (κ3) is 7.79. The lowest BCUT2D eigenvalue weighted by molar-refractivity contribution is -0.306. The van der Waals surface area contributed by atoms with E-state index in [0.29, 0.717) is 0 Å². The zero-order valence-corrected chi connectivity index (χ0v) is 16.4. The fourth-order valence-corrected chi connectivity index (χ4v) is 2.53. The maximum Gasteiger partial charge on any atom is 0.303 e. The maximum atomic E-state index is 11.6. The summed E-state index contributed by atoms with van der Waals surface area (Å²) < 4.78 is 31.1. The van der Waals surface area contributed by atoms with Crippen molar-refractivity contribution in [3.8, 4) is 0 Å². The number of rotatable bonds is 8. The lowest BCUT2D eigenvalue weighted by Crippen LogP contribution is -2.63. The Morgan fingerprint density at radius 2 is 1.29 bits per heavy atom. The summed E-state index contributed by atoms with van der Waals surface area (Å²) in [5.41, 5.74) is 0.